The van der Waals surface area contributed by atoms with E-state index >= 15 is 0 Å². The van der Waals surface area contributed by atoms with Crippen molar-refractivity contribution in [2.45, 2.75) is 56.4 Å². The van der Waals surface area contributed by atoms with Gasteiger partial charge in [0.2, 0.25) is 11.9 Å². The van der Waals surface area contributed by atoms with E-state index in [9.17, 15) is 15.0 Å². The summed E-state index contributed by atoms with van der Waals surface area (Å²) in [6, 6.07) is 19.5. The molecular formula is C33H39N9O3. The van der Waals surface area contributed by atoms with Crippen molar-refractivity contribution in [3.8, 4) is 0 Å². The third-order valence-electron chi connectivity index (χ3n) is 8.40. The standard InChI is InChI=1S/C33H39N9O3/c1-3-27(43)38-25-16-26(30(45)29(25)44)42-20-37-28-31(39-33(40-32(28)42)34-15-14-23-18-41(2)19-36-23)35-17-24(21-10-6-4-7-11-21)22-12-8-5-9-13-22/h4-13,18-20,24-26,29-30,44-45H,3,14-17H2,1-2H3,(H,38,43)(H2,34,35,39,40)/t25-,26+,29+,30-/m0/s1. The normalized spacial score (nSPS) is 19.7. The Bertz CT molecular complexity index is 1680. The van der Waals surface area contributed by atoms with Crippen molar-refractivity contribution in [3.63, 3.8) is 0 Å². The van der Waals surface area contributed by atoms with E-state index < -0.39 is 24.3 Å². The van der Waals surface area contributed by atoms with E-state index in [4.69, 9.17) is 9.97 Å². The van der Waals surface area contributed by atoms with Gasteiger partial charge in [-0.2, -0.15) is 9.97 Å². The predicted molar refractivity (Wildman–Crippen MR) is 172 cm³/mol. The van der Waals surface area contributed by atoms with Gasteiger partial charge in [-0.25, -0.2) is 9.97 Å². The second kappa shape index (κ2) is 13.4. The van der Waals surface area contributed by atoms with Gasteiger partial charge in [-0.05, 0) is 17.5 Å². The molecule has 1 amide bonds. The number of fused-ring (bicyclic) bond motifs is 1. The summed E-state index contributed by atoms with van der Waals surface area (Å²) in [6.45, 7) is 2.86. The predicted octanol–water partition coefficient (Wildman–Crippen LogP) is 3.02. The van der Waals surface area contributed by atoms with E-state index in [1.54, 1.807) is 24.1 Å². The molecule has 1 saturated carbocycles. The highest BCUT2D eigenvalue weighted by Gasteiger charge is 2.43. The SMILES string of the molecule is CCC(=O)N[C@H]1C[C@@H](n2cnc3c(NCC(c4ccccc4)c4ccccc4)nc(NCCc4cn(C)cn4)nc32)[C@H](O)[C@@H]1O. The quantitative estimate of drug-likeness (QED) is 0.144. The molecule has 3 heterocycles. The second-order valence-corrected chi connectivity index (χ2v) is 11.5. The Morgan fingerprint density at radius 1 is 0.956 bits per heavy atom. The number of aliphatic hydroxyl groups excluding tert-OH is 2. The molecule has 1 fully saturated rings. The van der Waals surface area contributed by atoms with Crippen molar-refractivity contribution in [3.05, 3.63) is 96.3 Å². The lowest BCUT2D eigenvalue weighted by atomic mass is 9.91. The number of anilines is 2. The molecule has 45 heavy (non-hydrogen) atoms. The number of hydrogen-bond acceptors (Lipinski definition) is 9. The second-order valence-electron chi connectivity index (χ2n) is 11.5. The Morgan fingerprint density at radius 3 is 2.31 bits per heavy atom. The number of aryl methyl sites for hydroxylation is 1. The van der Waals surface area contributed by atoms with E-state index in [-0.39, 0.29) is 11.8 Å². The maximum atomic E-state index is 12.1. The molecule has 2 aromatic carbocycles. The van der Waals surface area contributed by atoms with Crippen LogP contribution in [-0.2, 0) is 18.3 Å². The molecule has 4 atom stereocenters. The highest BCUT2D eigenvalue weighted by atomic mass is 16.3. The van der Waals surface area contributed by atoms with Crippen molar-refractivity contribution in [2.75, 3.05) is 23.7 Å². The highest BCUT2D eigenvalue weighted by Crippen LogP contribution is 2.35. The topological polar surface area (TPSA) is 155 Å². The number of nitrogens with one attached hydrogen (secondary N) is 3. The summed E-state index contributed by atoms with van der Waals surface area (Å²) in [5.41, 5.74) is 4.36. The summed E-state index contributed by atoms with van der Waals surface area (Å²) in [6.07, 6.45) is 4.44. The fraction of sp³-hybridized carbons (Fsp3) is 0.364. The van der Waals surface area contributed by atoms with Crippen LogP contribution in [0.1, 0.15) is 48.5 Å². The van der Waals surface area contributed by atoms with E-state index in [0.29, 0.717) is 55.3 Å². The lowest BCUT2D eigenvalue weighted by molar-refractivity contribution is -0.122. The van der Waals surface area contributed by atoms with Crippen molar-refractivity contribution in [1.29, 1.82) is 0 Å². The first-order valence-corrected chi connectivity index (χ1v) is 15.4. The van der Waals surface area contributed by atoms with Crippen LogP contribution >= 0.6 is 0 Å². The molecule has 0 unspecified atom stereocenters. The molecule has 0 radical (unpaired) electrons. The monoisotopic (exact) mass is 609 g/mol. The minimum Gasteiger partial charge on any atom is -0.388 e. The first kappa shape index (κ1) is 30.2. The zero-order valence-electron chi connectivity index (χ0n) is 25.4. The zero-order valence-corrected chi connectivity index (χ0v) is 25.4. The third kappa shape index (κ3) is 6.66. The molecule has 0 bridgehead atoms. The Balaban J connectivity index is 1.32. The first-order valence-electron chi connectivity index (χ1n) is 15.4. The van der Waals surface area contributed by atoms with Crippen LogP contribution in [0.4, 0.5) is 11.8 Å². The zero-order chi connectivity index (χ0) is 31.3. The molecule has 5 aromatic rings. The maximum Gasteiger partial charge on any atom is 0.226 e. The lowest BCUT2D eigenvalue weighted by Gasteiger charge is -2.20. The van der Waals surface area contributed by atoms with Gasteiger partial charge in [0.05, 0.1) is 30.4 Å². The average Bonchev–Trinajstić information content (AvgIpc) is 3.75. The average molecular weight is 610 g/mol. The van der Waals surface area contributed by atoms with Crippen molar-refractivity contribution in [1.82, 2.24) is 34.4 Å². The number of nitrogens with zero attached hydrogens (tertiary/aromatic N) is 6. The number of carbonyl (C=O) groups excluding carboxylic acids is 1. The van der Waals surface area contributed by atoms with Crippen LogP contribution in [-0.4, -0.2) is 76.5 Å². The van der Waals surface area contributed by atoms with Gasteiger partial charge in [-0.1, -0.05) is 67.6 Å². The molecule has 6 rings (SSSR count). The number of aliphatic hydroxyl groups is 2. The Kier molecular flexibility index (Phi) is 9.03. The van der Waals surface area contributed by atoms with E-state index in [1.165, 1.54) is 11.1 Å². The van der Waals surface area contributed by atoms with Crippen molar-refractivity contribution < 1.29 is 15.0 Å². The van der Waals surface area contributed by atoms with Gasteiger partial charge >= 0.3 is 0 Å². The number of rotatable bonds is 12. The van der Waals surface area contributed by atoms with Crippen LogP contribution in [0.15, 0.2) is 79.5 Å². The molecule has 3 aromatic heterocycles. The highest BCUT2D eigenvalue weighted by molar-refractivity contribution is 5.84. The molecule has 1 aliphatic rings. The summed E-state index contributed by atoms with van der Waals surface area (Å²) in [5.74, 6) is 0.833. The third-order valence-corrected chi connectivity index (χ3v) is 8.40. The van der Waals surface area contributed by atoms with Gasteiger partial charge in [0.1, 0.15) is 12.2 Å². The smallest absolute Gasteiger partial charge is 0.226 e. The van der Waals surface area contributed by atoms with Crippen LogP contribution in [0.2, 0.25) is 0 Å². The van der Waals surface area contributed by atoms with Crippen LogP contribution in [0, 0.1) is 0 Å². The summed E-state index contributed by atoms with van der Waals surface area (Å²) in [4.78, 5) is 30.8. The number of benzene rings is 2. The Hall–Kier alpha value is -4.81. The molecule has 1 aliphatic carbocycles. The number of amides is 1. The minimum atomic E-state index is -1.11. The van der Waals surface area contributed by atoms with Gasteiger partial charge in [0, 0.05) is 45.1 Å². The van der Waals surface area contributed by atoms with Crippen LogP contribution in [0.5, 0.6) is 0 Å². The molecule has 0 saturated heterocycles. The molecule has 0 aliphatic heterocycles. The molecule has 0 spiro atoms. The summed E-state index contributed by atoms with van der Waals surface area (Å²) >= 11 is 0. The molecule has 12 heteroatoms. The van der Waals surface area contributed by atoms with Crippen molar-refractivity contribution >= 4 is 28.8 Å². The number of imidazole rings is 2. The van der Waals surface area contributed by atoms with Crippen LogP contribution in [0.3, 0.4) is 0 Å². The first-order chi connectivity index (χ1) is 21.9. The number of aromatic nitrogens is 6. The minimum absolute atomic E-state index is 0.0507. The Labute approximate surface area is 261 Å². The number of hydrogen-bond donors (Lipinski definition) is 5. The van der Waals surface area contributed by atoms with Gasteiger partial charge < -0.3 is 35.3 Å². The maximum absolute atomic E-state index is 12.1. The molecule has 12 nitrogen and oxygen atoms in total. The summed E-state index contributed by atoms with van der Waals surface area (Å²) < 4.78 is 3.69. The molecule has 5 N–H and O–H groups in total. The van der Waals surface area contributed by atoms with Crippen LogP contribution < -0.4 is 16.0 Å². The van der Waals surface area contributed by atoms with E-state index in [0.717, 1.165) is 5.69 Å². The Morgan fingerprint density at radius 2 is 1.67 bits per heavy atom. The summed E-state index contributed by atoms with van der Waals surface area (Å²) in [7, 11) is 1.94. The molecule has 234 valence electrons. The van der Waals surface area contributed by atoms with Crippen molar-refractivity contribution in [2.24, 2.45) is 7.05 Å². The fourth-order valence-corrected chi connectivity index (χ4v) is 5.99. The molecular weight excluding hydrogens is 570 g/mol. The largest absolute Gasteiger partial charge is 0.388 e. The van der Waals surface area contributed by atoms with Gasteiger partial charge in [-0.3, -0.25) is 4.79 Å². The van der Waals surface area contributed by atoms with Gasteiger partial charge in [-0.15, -0.1) is 0 Å². The van der Waals surface area contributed by atoms with E-state index in [2.05, 4.69) is 50.2 Å². The fourth-order valence-electron chi connectivity index (χ4n) is 5.99. The van der Waals surface area contributed by atoms with Crippen LogP contribution in [0.25, 0.3) is 11.2 Å². The van der Waals surface area contributed by atoms with Gasteiger partial charge in [0.25, 0.3) is 0 Å². The lowest BCUT2D eigenvalue weighted by Crippen LogP contribution is -2.42. The van der Waals surface area contributed by atoms with E-state index in [1.807, 2.05) is 54.2 Å². The summed E-state index contributed by atoms with van der Waals surface area (Å²) in [5, 5.41) is 31.5. The number of carbonyl (C=O) groups is 1. The van der Waals surface area contributed by atoms with Gasteiger partial charge in [0.15, 0.2) is 17.0 Å².